The van der Waals surface area contributed by atoms with E-state index in [1.807, 2.05) is 0 Å². The smallest absolute Gasteiger partial charge is 0.335 e. The van der Waals surface area contributed by atoms with Crippen LogP contribution in [0, 0.1) is 0 Å². The summed E-state index contributed by atoms with van der Waals surface area (Å²) in [6.07, 6.45) is 1.01. The van der Waals surface area contributed by atoms with E-state index in [0.717, 1.165) is 30.5 Å². The van der Waals surface area contributed by atoms with Gasteiger partial charge in [-0.05, 0) is 31.2 Å². The molecule has 2 N–H and O–H groups in total. The Morgan fingerprint density at radius 3 is 2.10 bits per heavy atom. The summed E-state index contributed by atoms with van der Waals surface area (Å²) < 4.78 is 48.3. The van der Waals surface area contributed by atoms with Crippen LogP contribution in [0.1, 0.15) is 17.3 Å². The lowest BCUT2D eigenvalue weighted by Gasteiger charge is -2.13. The van der Waals surface area contributed by atoms with Crippen LogP contribution in [0.5, 0.6) is 0 Å². The van der Waals surface area contributed by atoms with Gasteiger partial charge in [-0.3, -0.25) is 0 Å². The van der Waals surface area contributed by atoms with E-state index in [9.17, 15) is 21.6 Å². The van der Waals surface area contributed by atoms with Gasteiger partial charge in [0.05, 0.1) is 16.2 Å². The monoisotopic (exact) mass is 321 g/mol. The van der Waals surface area contributed by atoms with Crippen molar-refractivity contribution in [3.63, 3.8) is 0 Å². The summed E-state index contributed by atoms with van der Waals surface area (Å²) >= 11 is 0. The zero-order chi connectivity index (χ0) is 15.6. The van der Waals surface area contributed by atoms with E-state index in [1.54, 1.807) is 0 Å². The van der Waals surface area contributed by atoms with Gasteiger partial charge in [0.15, 0.2) is 0 Å². The van der Waals surface area contributed by atoms with Gasteiger partial charge in [-0.15, -0.1) is 0 Å². The average Bonchev–Trinajstić information content (AvgIpc) is 2.25. The fraction of sp³-hybridized carbons (Fsp3) is 0.364. The molecule has 112 valence electrons. The van der Waals surface area contributed by atoms with Gasteiger partial charge in [0.2, 0.25) is 10.0 Å². The molecule has 1 aromatic carbocycles. The van der Waals surface area contributed by atoms with Crippen LogP contribution in [-0.4, -0.2) is 46.0 Å². The molecule has 0 radical (unpaired) electrons. The molecule has 0 aliphatic carbocycles. The van der Waals surface area contributed by atoms with Gasteiger partial charge >= 0.3 is 5.97 Å². The Kier molecular flexibility index (Phi) is 4.90. The molecule has 7 nitrogen and oxygen atoms in total. The topological polar surface area (TPSA) is 118 Å². The van der Waals surface area contributed by atoms with Gasteiger partial charge in [0, 0.05) is 12.3 Å². The molecule has 0 heterocycles. The summed E-state index contributed by atoms with van der Waals surface area (Å²) in [6, 6.07) is 3.85. The number of benzene rings is 1. The minimum absolute atomic E-state index is 0.0341. The van der Waals surface area contributed by atoms with Crippen LogP contribution in [0.2, 0.25) is 0 Å². The molecule has 0 aliphatic rings. The number of sulfonamides is 1. The van der Waals surface area contributed by atoms with E-state index in [2.05, 4.69) is 4.72 Å². The summed E-state index contributed by atoms with van der Waals surface area (Å²) in [6.45, 7) is 1.43. The summed E-state index contributed by atoms with van der Waals surface area (Å²) in [5, 5.41) is 8.72. The van der Waals surface area contributed by atoms with Crippen molar-refractivity contribution in [3.8, 4) is 0 Å². The van der Waals surface area contributed by atoms with Crippen molar-refractivity contribution in [2.75, 3.05) is 12.0 Å². The molecular formula is C11H15NO6S2. The molecule has 1 unspecified atom stereocenters. The SMILES string of the molecule is CC(CS(C)(=O)=O)NS(=O)(=O)c1ccc(C(=O)O)cc1. The molecule has 1 aromatic rings. The Morgan fingerprint density at radius 1 is 1.20 bits per heavy atom. The lowest BCUT2D eigenvalue weighted by molar-refractivity contribution is 0.0696. The fourth-order valence-corrected chi connectivity index (χ4v) is 3.94. The maximum atomic E-state index is 12.0. The van der Waals surface area contributed by atoms with Gasteiger partial charge in [-0.2, -0.15) is 0 Å². The van der Waals surface area contributed by atoms with Gasteiger partial charge < -0.3 is 5.11 Å². The summed E-state index contributed by atoms with van der Waals surface area (Å²) in [4.78, 5) is 10.5. The van der Waals surface area contributed by atoms with Gasteiger partial charge in [-0.1, -0.05) is 0 Å². The van der Waals surface area contributed by atoms with Crippen molar-refractivity contribution in [1.29, 1.82) is 0 Å². The van der Waals surface area contributed by atoms with Crippen LogP contribution in [0.25, 0.3) is 0 Å². The number of carboxylic acid groups (broad SMARTS) is 1. The second-order valence-corrected chi connectivity index (χ2v) is 8.34. The van der Waals surface area contributed by atoms with Crippen molar-refractivity contribution in [2.24, 2.45) is 0 Å². The number of carboxylic acids is 1. The van der Waals surface area contributed by atoms with Gasteiger partial charge in [0.25, 0.3) is 0 Å². The highest BCUT2D eigenvalue weighted by molar-refractivity contribution is 7.91. The second-order valence-electron chi connectivity index (χ2n) is 4.44. The number of hydrogen-bond acceptors (Lipinski definition) is 5. The molecular weight excluding hydrogens is 306 g/mol. The van der Waals surface area contributed by atoms with E-state index in [0.29, 0.717) is 0 Å². The molecule has 0 aliphatic heterocycles. The highest BCUT2D eigenvalue weighted by Crippen LogP contribution is 2.11. The molecule has 0 spiro atoms. The van der Waals surface area contributed by atoms with Gasteiger partial charge in [-0.25, -0.2) is 26.4 Å². The first kappa shape index (κ1) is 16.6. The van der Waals surface area contributed by atoms with Crippen LogP contribution in [0.3, 0.4) is 0 Å². The molecule has 0 aromatic heterocycles. The molecule has 0 amide bonds. The van der Waals surface area contributed by atoms with Crippen molar-refractivity contribution in [2.45, 2.75) is 17.9 Å². The molecule has 20 heavy (non-hydrogen) atoms. The Balaban J connectivity index is 2.91. The molecule has 0 bridgehead atoms. The Morgan fingerprint density at radius 2 is 1.70 bits per heavy atom. The van der Waals surface area contributed by atoms with E-state index in [1.165, 1.54) is 6.92 Å². The van der Waals surface area contributed by atoms with Crippen molar-refractivity contribution < 1.29 is 26.7 Å². The van der Waals surface area contributed by atoms with Crippen LogP contribution in [-0.2, 0) is 19.9 Å². The normalized spacial score (nSPS) is 13.9. The first-order valence-corrected chi connectivity index (χ1v) is 9.09. The zero-order valence-corrected chi connectivity index (χ0v) is 12.5. The summed E-state index contributed by atoms with van der Waals surface area (Å²) in [5.74, 6) is -1.48. The third-order valence-electron chi connectivity index (χ3n) is 2.32. The van der Waals surface area contributed by atoms with Crippen LogP contribution < -0.4 is 4.72 Å². The highest BCUT2D eigenvalue weighted by atomic mass is 32.2. The third-order valence-corrected chi connectivity index (χ3v) is 5.03. The lowest BCUT2D eigenvalue weighted by Crippen LogP contribution is -2.37. The van der Waals surface area contributed by atoms with Crippen molar-refractivity contribution in [1.82, 2.24) is 4.72 Å². The lowest BCUT2D eigenvalue weighted by atomic mass is 10.2. The van der Waals surface area contributed by atoms with Crippen LogP contribution in [0.15, 0.2) is 29.2 Å². The van der Waals surface area contributed by atoms with Gasteiger partial charge in [0.1, 0.15) is 9.84 Å². The van der Waals surface area contributed by atoms with E-state index < -0.39 is 31.9 Å². The average molecular weight is 321 g/mol. The minimum Gasteiger partial charge on any atom is -0.478 e. The summed E-state index contributed by atoms with van der Waals surface area (Å²) in [7, 11) is -7.18. The predicted octanol–water partition coefficient (Wildman–Crippen LogP) is 0.0962. The first-order valence-electron chi connectivity index (χ1n) is 5.55. The standard InChI is InChI=1S/C11H15NO6S2/c1-8(7-19(2,15)16)12-20(17,18)10-5-3-9(4-6-10)11(13)14/h3-6,8,12H,7H2,1-2H3,(H,13,14). The van der Waals surface area contributed by atoms with E-state index in [4.69, 9.17) is 5.11 Å². The number of sulfone groups is 1. The van der Waals surface area contributed by atoms with Crippen LogP contribution >= 0.6 is 0 Å². The number of carbonyl (C=O) groups is 1. The molecule has 9 heteroatoms. The maximum absolute atomic E-state index is 12.0. The Labute approximate surface area is 117 Å². The largest absolute Gasteiger partial charge is 0.478 e. The maximum Gasteiger partial charge on any atom is 0.335 e. The quantitative estimate of drug-likeness (QED) is 0.767. The number of aromatic carboxylic acids is 1. The summed E-state index contributed by atoms with van der Waals surface area (Å²) in [5.41, 5.74) is -0.0341. The first-order chi connectivity index (χ1) is 9.01. The Hall–Kier alpha value is -1.45. The molecule has 0 fully saturated rings. The molecule has 1 atom stereocenters. The van der Waals surface area contributed by atoms with Crippen molar-refractivity contribution in [3.05, 3.63) is 29.8 Å². The van der Waals surface area contributed by atoms with E-state index >= 15 is 0 Å². The number of nitrogens with one attached hydrogen (secondary N) is 1. The third kappa shape index (κ3) is 4.91. The molecule has 1 rings (SSSR count). The minimum atomic E-state index is -3.88. The number of hydrogen-bond donors (Lipinski definition) is 2. The number of rotatable bonds is 6. The zero-order valence-electron chi connectivity index (χ0n) is 10.9. The Bertz CT molecular complexity index is 691. The molecule has 0 saturated carbocycles. The van der Waals surface area contributed by atoms with E-state index in [-0.39, 0.29) is 16.2 Å². The second kappa shape index (κ2) is 5.90. The predicted molar refractivity (Wildman–Crippen MR) is 72.9 cm³/mol. The van der Waals surface area contributed by atoms with Crippen molar-refractivity contribution >= 4 is 25.8 Å². The highest BCUT2D eigenvalue weighted by Gasteiger charge is 2.20. The molecule has 0 saturated heterocycles. The van der Waals surface area contributed by atoms with Crippen LogP contribution in [0.4, 0.5) is 0 Å². The fourth-order valence-electron chi connectivity index (χ4n) is 1.60.